The van der Waals surface area contributed by atoms with Crippen LogP contribution >= 0.6 is 0 Å². The first-order chi connectivity index (χ1) is 11.7. The minimum atomic E-state index is -0.815. The molecule has 0 radical (unpaired) electrons. The van der Waals surface area contributed by atoms with Crippen LogP contribution in [-0.4, -0.2) is 36.2 Å². The highest BCUT2D eigenvalue weighted by atomic mass is 16.8. The van der Waals surface area contributed by atoms with E-state index >= 15 is 0 Å². The Bertz CT molecular complexity index is 526. The molecule has 6 nitrogen and oxygen atoms in total. The van der Waals surface area contributed by atoms with Crippen LogP contribution < -0.4 is 0 Å². The number of rotatable bonds is 6. The number of hydrogen-bond donors (Lipinski definition) is 1. The number of hydrogen-bond acceptors (Lipinski definition) is 6. The molecule has 1 N–H and O–H groups in total. The summed E-state index contributed by atoms with van der Waals surface area (Å²) in [5.41, 5.74) is -1.28. The van der Waals surface area contributed by atoms with Crippen LogP contribution in [0.5, 0.6) is 0 Å². The summed E-state index contributed by atoms with van der Waals surface area (Å²) in [6.07, 6.45) is 5.53. The summed E-state index contributed by atoms with van der Waals surface area (Å²) in [4.78, 5) is 23.6. The van der Waals surface area contributed by atoms with Crippen LogP contribution in [0.4, 0.5) is 4.79 Å². The summed E-state index contributed by atoms with van der Waals surface area (Å²) in [6, 6.07) is 0. The Hall–Kier alpha value is -1.30. The highest BCUT2D eigenvalue weighted by Gasteiger charge is 2.57. The molecule has 6 heteroatoms. The maximum absolute atomic E-state index is 11.8. The van der Waals surface area contributed by atoms with Crippen molar-refractivity contribution < 1.29 is 28.9 Å². The zero-order chi connectivity index (χ0) is 18.3. The molecule has 0 heterocycles. The van der Waals surface area contributed by atoms with Gasteiger partial charge in [-0.25, -0.2) is 4.79 Å². The fourth-order valence-corrected chi connectivity index (χ4v) is 5.30. The van der Waals surface area contributed by atoms with Gasteiger partial charge in [-0.1, -0.05) is 6.92 Å². The number of aliphatic hydroxyl groups is 1. The van der Waals surface area contributed by atoms with Crippen LogP contribution in [0.1, 0.15) is 65.7 Å². The molecule has 2 atom stereocenters. The van der Waals surface area contributed by atoms with E-state index < -0.39 is 29.9 Å². The van der Waals surface area contributed by atoms with Gasteiger partial charge in [0.15, 0.2) is 0 Å². The highest BCUT2D eigenvalue weighted by molar-refractivity contribution is 5.75. The topological polar surface area (TPSA) is 82.1 Å². The Morgan fingerprint density at radius 3 is 2.28 bits per heavy atom. The second-order valence-electron chi connectivity index (χ2n) is 9.16. The molecule has 4 aliphatic rings. The van der Waals surface area contributed by atoms with Gasteiger partial charge < -0.3 is 19.3 Å². The van der Waals surface area contributed by atoms with Crippen molar-refractivity contribution in [3.8, 4) is 0 Å². The normalized spacial score (nSPS) is 36.2. The summed E-state index contributed by atoms with van der Waals surface area (Å²) in [5, 5.41) is 10.7. The van der Waals surface area contributed by atoms with Crippen molar-refractivity contribution in [1.82, 2.24) is 0 Å². The Morgan fingerprint density at radius 1 is 1.08 bits per heavy atom. The molecule has 25 heavy (non-hydrogen) atoms. The van der Waals surface area contributed by atoms with Crippen molar-refractivity contribution in [2.75, 3.05) is 13.4 Å². The first-order valence-electron chi connectivity index (χ1n) is 9.35. The number of carbonyl (C=O) groups is 2. The van der Waals surface area contributed by atoms with E-state index in [9.17, 15) is 14.7 Å². The summed E-state index contributed by atoms with van der Waals surface area (Å²) in [6.45, 7) is 5.31. The lowest BCUT2D eigenvalue weighted by Gasteiger charge is -2.59. The standard InChI is InChI=1S/C19H30O6/c1-4-17(2,3)15(20)24-12-25-16(21)23-11-18-6-13-5-14(7-18)9-19(22,8-13)10-18/h13-14,22H,4-12H2,1-3H3. The van der Waals surface area contributed by atoms with Crippen LogP contribution in [-0.2, 0) is 19.0 Å². The fourth-order valence-electron chi connectivity index (χ4n) is 5.30. The lowest BCUT2D eigenvalue weighted by molar-refractivity contribution is -0.180. The Morgan fingerprint density at radius 2 is 1.72 bits per heavy atom. The van der Waals surface area contributed by atoms with E-state index in [0.29, 0.717) is 24.7 Å². The fraction of sp³-hybridized carbons (Fsp3) is 0.895. The molecular weight excluding hydrogens is 324 g/mol. The molecule has 142 valence electrons. The predicted molar refractivity (Wildman–Crippen MR) is 89.5 cm³/mol. The van der Waals surface area contributed by atoms with Gasteiger partial charge in [0.2, 0.25) is 6.79 Å². The maximum atomic E-state index is 11.8. The van der Waals surface area contributed by atoms with Crippen molar-refractivity contribution in [3.63, 3.8) is 0 Å². The van der Waals surface area contributed by atoms with Crippen molar-refractivity contribution in [2.45, 2.75) is 71.3 Å². The average Bonchev–Trinajstić information content (AvgIpc) is 2.50. The lowest BCUT2D eigenvalue weighted by Crippen LogP contribution is -2.57. The minimum absolute atomic E-state index is 0.112. The number of ether oxygens (including phenoxy) is 3. The SMILES string of the molecule is CCC(C)(C)C(=O)OCOC(=O)OCC12CC3CC(CC(O)(C3)C1)C2. The van der Waals surface area contributed by atoms with Crippen LogP contribution in [0.25, 0.3) is 0 Å². The highest BCUT2D eigenvalue weighted by Crippen LogP contribution is 2.61. The summed E-state index contributed by atoms with van der Waals surface area (Å²) in [5.74, 6) is 0.692. The van der Waals surface area contributed by atoms with Crippen molar-refractivity contribution in [2.24, 2.45) is 22.7 Å². The molecule has 0 aromatic rings. The van der Waals surface area contributed by atoms with Crippen LogP contribution in [0.15, 0.2) is 0 Å². The van der Waals surface area contributed by atoms with Crippen LogP contribution in [0, 0.1) is 22.7 Å². The molecule has 0 aliphatic heterocycles. The number of carbonyl (C=O) groups excluding carboxylic acids is 2. The van der Waals surface area contributed by atoms with E-state index in [2.05, 4.69) is 0 Å². The Labute approximate surface area is 149 Å². The summed E-state index contributed by atoms with van der Waals surface area (Å²) >= 11 is 0. The summed E-state index contributed by atoms with van der Waals surface area (Å²) in [7, 11) is 0. The van der Waals surface area contributed by atoms with Crippen molar-refractivity contribution in [3.05, 3.63) is 0 Å². The average molecular weight is 354 g/mol. The first-order valence-corrected chi connectivity index (χ1v) is 9.35. The largest absolute Gasteiger partial charge is 0.511 e. The third-order valence-corrected chi connectivity index (χ3v) is 6.45. The van der Waals surface area contributed by atoms with Gasteiger partial charge in [0, 0.05) is 5.41 Å². The van der Waals surface area contributed by atoms with Gasteiger partial charge in [0.25, 0.3) is 0 Å². The smallest absolute Gasteiger partial charge is 0.434 e. The molecule has 0 spiro atoms. The predicted octanol–water partition coefficient (Wildman–Crippen LogP) is 3.41. The van der Waals surface area contributed by atoms with Crippen molar-refractivity contribution >= 4 is 12.1 Å². The third kappa shape index (κ3) is 3.94. The van der Waals surface area contributed by atoms with Crippen LogP contribution in [0.3, 0.4) is 0 Å². The monoisotopic (exact) mass is 354 g/mol. The molecule has 4 rings (SSSR count). The second kappa shape index (κ2) is 6.45. The zero-order valence-electron chi connectivity index (χ0n) is 15.5. The zero-order valence-corrected chi connectivity index (χ0v) is 15.5. The maximum Gasteiger partial charge on any atom is 0.511 e. The summed E-state index contributed by atoms with van der Waals surface area (Å²) < 4.78 is 15.2. The lowest BCUT2D eigenvalue weighted by atomic mass is 9.48. The van der Waals surface area contributed by atoms with Gasteiger partial charge in [0.05, 0.1) is 11.0 Å². The molecule has 0 aromatic carbocycles. The van der Waals surface area contributed by atoms with E-state index in [1.807, 2.05) is 6.92 Å². The van der Waals surface area contributed by atoms with E-state index in [4.69, 9.17) is 14.2 Å². The molecule has 0 aromatic heterocycles. The van der Waals surface area contributed by atoms with Gasteiger partial charge in [-0.05, 0) is 70.6 Å². The molecule has 0 amide bonds. The third-order valence-electron chi connectivity index (χ3n) is 6.45. The van der Waals surface area contributed by atoms with Gasteiger partial charge in [-0.15, -0.1) is 0 Å². The Kier molecular flexibility index (Phi) is 4.77. The van der Waals surface area contributed by atoms with Gasteiger partial charge >= 0.3 is 12.1 Å². The molecular formula is C19H30O6. The Balaban J connectivity index is 1.43. The van der Waals surface area contributed by atoms with E-state index in [-0.39, 0.29) is 12.0 Å². The second-order valence-corrected chi connectivity index (χ2v) is 9.16. The van der Waals surface area contributed by atoms with Gasteiger partial charge in [0.1, 0.15) is 6.61 Å². The molecule has 4 saturated carbocycles. The first kappa shape index (κ1) is 18.5. The van der Waals surface area contributed by atoms with E-state index in [0.717, 1.165) is 25.7 Å². The van der Waals surface area contributed by atoms with Gasteiger partial charge in [-0.2, -0.15) is 0 Å². The minimum Gasteiger partial charge on any atom is -0.434 e. The molecule has 0 saturated heterocycles. The molecule has 4 fully saturated rings. The van der Waals surface area contributed by atoms with Crippen molar-refractivity contribution in [1.29, 1.82) is 0 Å². The van der Waals surface area contributed by atoms with E-state index in [1.165, 1.54) is 6.42 Å². The molecule has 2 unspecified atom stereocenters. The number of esters is 1. The van der Waals surface area contributed by atoms with Gasteiger partial charge in [-0.3, -0.25) is 4.79 Å². The molecule has 4 bridgehead atoms. The van der Waals surface area contributed by atoms with E-state index in [1.54, 1.807) is 13.8 Å². The molecule has 4 aliphatic carbocycles. The quantitative estimate of drug-likeness (QED) is 0.581. The van der Waals surface area contributed by atoms with Crippen LogP contribution in [0.2, 0.25) is 0 Å².